The number of benzene rings is 3. The van der Waals surface area contributed by atoms with Gasteiger partial charge in [-0.3, -0.25) is 4.79 Å². The number of amides is 1. The highest BCUT2D eigenvalue weighted by atomic mass is 35.5. The third-order valence-electron chi connectivity index (χ3n) is 5.09. The summed E-state index contributed by atoms with van der Waals surface area (Å²) >= 11 is 6.18. The molecule has 1 aliphatic rings. The molecule has 28 heavy (non-hydrogen) atoms. The van der Waals surface area contributed by atoms with Crippen molar-refractivity contribution < 1.29 is 9.53 Å². The number of anilines is 1. The molecule has 1 N–H and O–H groups in total. The topological polar surface area (TPSA) is 38.3 Å². The third kappa shape index (κ3) is 4.20. The van der Waals surface area contributed by atoms with E-state index in [1.807, 2.05) is 48.5 Å². The molecule has 1 amide bonds. The van der Waals surface area contributed by atoms with Crippen molar-refractivity contribution in [2.45, 2.75) is 32.3 Å². The smallest absolute Gasteiger partial charge is 0.255 e. The predicted molar refractivity (Wildman–Crippen MR) is 113 cm³/mol. The van der Waals surface area contributed by atoms with Crippen molar-refractivity contribution >= 4 is 23.2 Å². The van der Waals surface area contributed by atoms with Gasteiger partial charge in [-0.2, -0.15) is 0 Å². The van der Waals surface area contributed by atoms with Gasteiger partial charge in [0.1, 0.15) is 12.4 Å². The van der Waals surface area contributed by atoms with Crippen LogP contribution in [0.4, 0.5) is 5.69 Å². The Hall–Kier alpha value is -2.78. The van der Waals surface area contributed by atoms with Crippen LogP contribution in [0.2, 0.25) is 5.02 Å². The first-order valence-corrected chi connectivity index (χ1v) is 9.97. The van der Waals surface area contributed by atoms with Crippen LogP contribution >= 0.6 is 11.6 Å². The second-order valence-electron chi connectivity index (χ2n) is 7.01. The summed E-state index contributed by atoms with van der Waals surface area (Å²) in [5.74, 6) is 0.518. The fraction of sp³-hybridized carbons (Fsp3) is 0.208. The molecule has 0 saturated heterocycles. The molecule has 3 aromatic carbocycles. The molecule has 4 heteroatoms. The predicted octanol–water partition coefficient (Wildman–Crippen LogP) is 6.05. The van der Waals surface area contributed by atoms with Crippen molar-refractivity contribution in [3.63, 3.8) is 0 Å². The number of aryl methyl sites for hydroxylation is 1. The number of hydrogen-bond donors (Lipinski definition) is 1. The highest BCUT2D eigenvalue weighted by Gasteiger charge is 2.15. The zero-order chi connectivity index (χ0) is 19.3. The van der Waals surface area contributed by atoms with E-state index in [-0.39, 0.29) is 5.91 Å². The number of ether oxygens (including phenoxy) is 1. The van der Waals surface area contributed by atoms with E-state index in [2.05, 4.69) is 11.4 Å². The number of carbonyl (C=O) groups excluding carboxylic acids is 1. The van der Waals surface area contributed by atoms with Gasteiger partial charge in [0.15, 0.2) is 0 Å². The molecule has 0 aliphatic heterocycles. The minimum Gasteiger partial charge on any atom is -0.489 e. The fourth-order valence-electron chi connectivity index (χ4n) is 3.60. The van der Waals surface area contributed by atoms with Crippen LogP contribution in [0.5, 0.6) is 5.75 Å². The van der Waals surface area contributed by atoms with E-state index in [4.69, 9.17) is 16.3 Å². The van der Waals surface area contributed by atoms with Gasteiger partial charge in [-0.1, -0.05) is 48.0 Å². The zero-order valence-electron chi connectivity index (χ0n) is 15.6. The van der Waals surface area contributed by atoms with E-state index in [1.54, 1.807) is 12.1 Å². The van der Waals surface area contributed by atoms with Crippen LogP contribution in [0.3, 0.4) is 0 Å². The minimum absolute atomic E-state index is 0.123. The zero-order valence-corrected chi connectivity index (χ0v) is 16.3. The first-order valence-electron chi connectivity index (χ1n) is 9.59. The molecule has 0 bridgehead atoms. The Morgan fingerprint density at radius 3 is 2.68 bits per heavy atom. The van der Waals surface area contributed by atoms with Crippen molar-refractivity contribution in [3.05, 3.63) is 94.0 Å². The summed E-state index contributed by atoms with van der Waals surface area (Å²) in [7, 11) is 0. The second kappa shape index (κ2) is 8.49. The van der Waals surface area contributed by atoms with Crippen molar-refractivity contribution in [3.8, 4) is 5.75 Å². The quantitative estimate of drug-likeness (QED) is 0.574. The molecule has 0 unspecified atom stereocenters. The first-order chi connectivity index (χ1) is 13.7. The molecule has 1 aliphatic carbocycles. The van der Waals surface area contributed by atoms with E-state index in [1.165, 1.54) is 24.0 Å². The summed E-state index contributed by atoms with van der Waals surface area (Å²) in [6.07, 6.45) is 4.50. The summed E-state index contributed by atoms with van der Waals surface area (Å²) in [6.45, 7) is 0.358. The Morgan fingerprint density at radius 2 is 1.79 bits per heavy atom. The number of halogens is 1. The van der Waals surface area contributed by atoms with Crippen molar-refractivity contribution in [1.29, 1.82) is 0 Å². The van der Waals surface area contributed by atoms with Crippen LogP contribution in [0.25, 0.3) is 0 Å². The molecule has 0 aromatic heterocycles. The largest absolute Gasteiger partial charge is 0.489 e. The summed E-state index contributed by atoms with van der Waals surface area (Å²) < 4.78 is 5.84. The van der Waals surface area contributed by atoms with Crippen LogP contribution in [0.1, 0.15) is 39.9 Å². The van der Waals surface area contributed by atoms with E-state index in [0.29, 0.717) is 22.9 Å². The Bertz CT molecular complexity index is 999. The second-order valence-corrected chi connectivity index (χ2v) is 7.42. The van der Waals surface area contributed by atoms with E-state index in [9.17, 15) is 4.79 Å². The minimum atomic E-state index is -0.123. The summed E-state index contributed by atoms with van der Waals surface area (Å²) in [4.78, 5) is 12.8. The Labute approximate surface area is 170 Å². The maximum absolute atomic E-state index is 12.8. The van der Waals surface area contributed by atoms with Crippen LogP contribution in [-0.4, -0.2) is 5.91 Å². The molecule has 0 saturated carbocycles. The van der Waals surface area contributed by atoms with Crippen LogP contribution in [0.15, 0.2) is 66.7 Å². The average Bonchev–Trinajstić information content (AvgIpc) is 2.74. The number of fused-ring (bicyclic) bond motifs is 1. The van der Waals surface area contributed by atoms with Gasteiger partial charge in [0.2, 0.25) is 0 Å². The lowest BCUT2D eigenvalue weighted by Gasteiger charge is -2.19. The number of hydrogen-bond acceptors (Lipinski definition) is 2. The van der Waals surface area contributed by atoms with Gasteiger partial charge in [0.25, 0.3) is 5.91 Å². The summed E-state index contributed by atoms with van der Waals surface area (Å²) in [5.41, 5.74) is 5.03. The molecule has 142 valence electrons. The van der Waals surface area contributed by atoms with Gasteiger partial charge in [-0.25, -0.2) is 0 Å². The lowest BCUT2D eigenvalue weighted by molar-refractivity contribution is 0.102. The molecule has 0 spiro atoms. The van der Waals surface area contributed by atoms with E-state index in [0.717, 1.165) is 24.1 Å². The van der Waals surface area contributed by atoms with Gasteiger partial charge in [0.05, 0.1) is 0 Å². The normalized spacial score (nSPS) is 12.9. The van der Waals surface area contributed by atoms with Gasteiger partial charge >= 0.3 is 0 Å². The molecule has 3 nitrogen and oxygen atoms in total. The molecule has 3 aromatic rings. The van der Waals surface area contributed by atoms with Gasteiger partial charge in [0, 0.05) is 21.8 Å². The lowest BCUT2D eigenvalue weighted by atomic mass is 9.90. The number of rotatable bonds is 5. The van der Waals surface area contributed by atoms with Crippen molar-refractivity contribution in [1.82, 2.24) is 0 Å². The lowest BCUT2D eigenvalue weighted by Crippen LogP contribution is -2.15. The van der Waals surface area contributed by atoms with Crippen LogP contribution in [-0.2, 0) is 19.4 Å². The Balaban J connectivity index is 1.47. The monoisotopic (exact) mass is 391 g/mol. The Kier molecular flexibility index (Phi) is 5.63. The molecular formula is C24H22ClNO2. The maximum atomic E-state index is 12.8. The van der Waals surface area contributed by atoms with E-state index >= 15 is 0 Å². The summed E-state index contributed by atoms with van der Waals surface area (Å²) in [6, 6.07) is 21.0. The highest BCUT2D eigenvalue weighted by molar-refractivity contribution is 6.31. The molecular weight excluding hydrogens is 370 g/mol. The van der Waals surface area contributed by atoms with Crippen LogP contribution in [0, 0.1) is 0 Å². The molecule has 0 atom stereocenters. The molecule has 0 heterocycles. The maximum Gasteiger partial charge on any atom is 0.255 e. The SMILES string of the molecule is O=C(Nc1cccc2c1CCCC2)c1cccc(OCc2ccccc2Cl)c1. The van der Waals surface area contributed by atoms with Gasteiger partial charge in [-0.05, 0) is 67.1 Å². The average molecular weight is 392 g/mol. The van der Waals surface area contributed by atoms with Crippen molar-refractivity contribution in [2.24, 2.45) is 0 Å². The van der Waals surface area contributed by atoms with Gasteiger partial charge < -0.3 is 10.1 Å². The Morgan fingerprint density at radius 1 is 0.964 bits per heavy atom. The first kappa shape index (κ1) is 18.6. The molecule has 0 radical (unpaired) electrons. The van der Waals surface area contributed by atoms with E-state index < -0.39 is 0 Å². The van der Waals surface area contributed by atoms with Gasteiger partial charge in [-0.15, -0.1) is 0 Å². The van der Waals surface area contributed by atoms with Crippen molar-refractivity contribution in [2.75, 3.05) is 5.32 Å². The highest BCUT2D eigenvalue weighted by Crippen LogP contribution is 2.28. The number of carbonyl (C=O) groups is 1. The third-order valence-corrected chi connectivity index (χ3v) is 5.46. The fourth-order valence-corrected chi connectivity index (χ4v) is 3.79. The molecule has 4 rings (SSSR count). The van der Waals surface area contributed by atoms with Crippen LogP contribution < -0.4 is 10.1 Å². The standard InChI is InChI=1S/C24H22ClNO2/c25-22-13-4-2-8-19(22)16-28-20-11-5-10-18(15-20)24(27)26-23-14-6-9-17-7-1-3-12-21(17)23/h2,4-6,8-11,13-15H,1,3,7,12,16H2,(H,26,27). The summed E-state index contributed by atoms with van der Waals surface area (Å²) in [5, 5.41) is 3.75. The number of nitrogens with one attached hydrogen (secondary N) is 1. The molecule has 0 fully saturated rings.